The standard InChI is InChI=1S/C19H23N5O2/c1-11-7-6-10-20-17(11)22-15(25)9-8-14-12(2)16-18(21-13(14)3)24(4)23-19(16)26-5/h6-7,10H,8-9H2,1-5H3,(H,20,22,25). The molecule has 0 radical (unpaired) electrons. The van der Waals surface area contributed by atoms with Gasteiger partial charge in [-0.25, -0.2) is 14.6 Å². The predicted molar refractivity (Wildman–Crippen MR) is 100 cm³/mol. The van der Waals surface area contributed by atoms with Crippen molar-refractivity contribution in [1.82, 2.24) is 19.7 Å². The van der Waals surface area contributed by atoms with Gasteiger partial charge in [0, 0.05) is 25.4 Å². The van der Waals surface area contributed by atoms with E-state index in [0.29, 0.717) is 24.5 Å². The minimum atomic E-state index is -0.0659. The molecule has 7 nitrogen and oxygen atoms in total. The molecule has 0 atom stereocenters. The van der Waals surface area contributed by atoms with E-state index in [4.69, 9.17) is 4.74 Å². The molecule has 3 rings (SSSR count). The van der Waals surface area contributed by atoms with Crippen LogP contribution in [-0.4, -0.2) is 32.8 Å². The minimum absolute atomic E-state index is 0.0659. The maximum absolute atomic E-state index is 12.3. The van der Waals surface area contributed by atoms with E-state index in [1.807, 2.05) is 40.0 Å². The highest BCUT2D eigenvalue weighted by Crippen LogP contribution is 2.30. The van der Waals surface area contributed by atoms with Crippen molar-refractivity contribution in [2.75, 3.05) is 12.4 Å². The third-order valence-electron chi connectivity index (χ3n) is 4.59. The number of aryl methyl sites for hydroxylation is 4. The first kappa shape index (κ1) is 17.8. The quantitative estimate of drug-likeness (QED) is 0.763. The molecule has 3 aromatic heterocycles. The first-order valence-electron chi connectivity index (χ1n) is 8.50. The zero-order valence-electron chi connectivity index (χ0n) is 15.8. The van der Waals surface area contributed by atoms with Crippen LogP contribution >= 0.6 is 0 Å². The molecule has 136 valence electrons. The lowest BCUT2D eigenvalue weighted by Crippen LogP contribution is -2.15. The summed E-state index contributed by atoms with van der Waals surface area (Å²) in [6.45, 7) is 5.91. The third kappa shape index (κ3) is 3.24. The van der Waals surface area contributed by atoms with Crippen LogP contribution in [0.5, 0.6) is 5.88 Å². The van der Waals surface area contributed by atoms with Crippen molar-refractivity contribution < 1.29 is 9.53 Å². The lowest BCUT2D eigenvalue weighted by molar-refractivity contribution is -0.116. The molecule has 0 aliphatic carbocycles. The average Bonchev–Trinajstić information content (AvgIpc) is 2.93. The van der Waals surface area contributed by atoms with Gasteiger partial charge in [0.2, 0.25) is 11.8 Å². The van der Waals surface area contributed by atoms with Gasteiger partial charge in [-0.05, 0) is 49.9 Å². The summed E-state index contributed by atoms with van der Waals surface area (Å²) in [4.78, 5) is 21.2. The van der Waals surface area contributed by atoms with Crippen LogP contribution in [0.25, 0.3) is 11.0 Å². The van der Waals surface area contributed by atoms with Crippen molar-refractivity contribution >= 4 is 22.8 Å². The number of fused-ring (bicyclic) bond motifs is 1. The van der Waals surface area contributed by atoms with Crippen LogP contribution in [0.15, 0.2) is 18.3 Å². The van der Waals surface area contributed by atoms with Crippen LogP contribution < -0.4 is 10.1 Å². The van der Waals surface area contributed by atoms with Crippen LogP contribution in [0.4, 0.5) is 5.82 Å². The van der Waals surface area contributed by atoms with E-state index in [1.165, 1.54) is 0 Å². The van der Waals surface area contributed by atoms with E-state index in [2.05, 4.69) is 20.4 Å². The van der Waals surface area contributed by atoms with Gasteiger partial charge in [-0.3, -0.25) is 4.79 Å². The van der Waals surface area contributed by atoms with Crippen molar-refractivity contribution in [2.24, 2.45) is 7.05 Å². The minimum Gasteiger partial charge on any atom is -0.479 e. The van der Waals surface area contributed by atoms with E-state index in [1.54, 1.807) is 18.0 Å². The summed E-state index contributed by atoms with van der Waals surface area (Å²) in [7, 11) is 3.45. The van der Waals surface area contributed by atoms with E-state index < -0.39 is 0 Å². The number of amides is 1. The maximum atomic E-state index is 12.3. The number of carbonyl (C=O) groups is 1. The molecule has 0 aliphatic rings. The van der Waals surface area contributed by atoms with Crippen LogP contribution in [0.2, 0.25) is 0 Å². The molecule has 0 aliphatic heterocycles. The second-order valence-corrected chi connectivity index (χ2v) is 6.35. The molecular formula is C19H23N5O2. The Balaban J connectivity index is 1.83. The highest BCUT2D eigenvalue weighted by molar-refractivity contribution is 5.91. The van der Waals surface area contributed by atoms with Gasteiger partial charge in [-0.15, -0.1) is 5.10 Å². The molecule has 0 bridgehead atoms. The Labute approximate surface area is 152 Å². The van der Waals surface area contributed by atoms with Crippen molar-refractivity contribution in [3.05, 3.63) is 40.7 Å². The molecule has 3 heterocycles. The molecule has 26 heavy (non-hydrogen) atoms. The topological polar surface area (TPSA) is 81.9 Å². The van der Waals surface area contributed by atoms with E-state index >= 15 is 0 Å². The molecule has 0 aromatic carbocycles. The van der Waals surface area contributed by atoms with E-state index in [0.717, 1.165) is 33.4 Å². The number of carbonyl (C=O) groups excluding carboxylic acids is 1. The smallest absolute Gasteiger partial charge is 0.242 e. The largest absolute Gasteiger partial charge is 0.479 e. The number of nitrogens with zero attached hydrogens (tertiary/aromatic N) is 4. The number of aromatic nitrogens is 4. The number of nitrogens with one attached hydrogen (secondary N) is 1. The van der Waals surface area contributed by atoms with Gasteiger partial charge in [0.15, 0.2) is 5.65 Å². The highest BCUT2D eigenvalue weighted by Gasteiger charge is 2.18. The van der Waals surface area contributed by atoms with Gasteiger partial charge in [-0.2, -0.15) is 0 Å². The van der Waals surface area contributed by atoms with Crippen LogP contribution in [0, 0.1) is 20.8 Å². The van der Waals surface area contributed by atoms with Gasteiger partial charge in [0.1, 0.15) is 5.82 Å². The Morgan fingerprint density at radius 1 is 1.31 bits per heavy atom. The monoisotopic (exact) mass is 353 g/mol. The Morgan fingerprint density at radius 3 is 2.77 bits per heavy atom. The fraction of sp³-hybridized carbons (Fsp3) is 0.368. The Hall–Kier alpha value is -2.96. The average molecular weight is 353 g/mol. The van der Waals surface area contributed by atoms with Crippen molar-refractivity contribution in [3.8, 4) is 5.88 Å². The summed E-state index contributed by atoms with van der Waals surface area (Å²) in [5.41, 5.74) is 4.74. The number of hydrogen-bond acceptors (Lipinski definition) is 5. The molecule has 0 saturated carbocycles. The summed E-state index contributed by atoms with van der Waals surface area (Å²) in [6, 6.07) is 3.77. The first-order chi connectivity index (χ1) is 12.4. The lowest BCUT2D eigenvalue weighted by Gasteiger charge is -2.11. The second kappa shape index (κ2) is 7.11. The molecule has 1 amide bonds. The fourth-order valence-corrected chi connectivity index (χ4v) is 3.16. The van der Waals surface area contributed by atoms with Crippen LogP contribution in [-0.2, 0) is 18.3 Å². The molecule has 1 N–H and O–H groups in total. The van der Waals surface area contributed by atoms with Gasteiger partial charge < -0.3 is 10.1 Å². The molecule has 0 fully saturated rings. The zero-order valence-corrected chi connectivity index (χ0v) is 15.8. The Morgan fingerprint density at radius 2 is 2.08 bits per heavy atom. The normalized spacial score (nSPS) is 11.0. The van der Waals surface area contributed by atoms with Crippen molar-refractivity contribution in [3.63, 3.8) is 0 Å². The number of anilines is 1. The fourth-order valence-electron chi connectivity index (χ4n) is 3.16. The maximum Gasteiger partial charge on any atom is 0.242 e. The predicted octanol–water partition coefficient (Wildman–Crippen LogP) is 2.87. The van der Waals surface area contributed by atoms with Gasteiger partial charge in [-0.1, -0.05) is 6.07 Å². The van der Waals surface area contributed by atoms with Gasteiger partial charge in [0.05, 0.1) is 12.5 Å². The molecule has 0 saturated heterocycles. The summed E-state index contributed by atoms with van der Waals surface area (Å²) >= 11 is 0. The zero-order chi connectivity index (χ0) is 18.8. The summed E-state index contributed by atoms with van der Waals surface area (Å²) in [5.74, 6) is 1.10. The second-order valence-electron chi connectivity index (χ2n) is 6.35. The Kier molecular flexibility index (Phi) is 4.88. The molecule has 0 spiro atoms. The number of methoxy groups -OCH3 is 1. The van der Waals surface area contributed by atoms with Crippen molar-refractivity contribution in [1.29, 1.82) is 0 Å². The number of rotatable bonds is 5. The number of ether oxygens (including phenoxy) is 1. The first-order valence-corrected chi connectivity index (χ1v) is 8.50. The lowest BCUT2D eigenvalue weighted by atomic mass is 10.00. The third-order valence-corrected chi connectivity index (χ3v) is 4.59. The van der Waals surface area contributed by atoms with Crippen LogP contribution in [0.1, 0.15) is 28.8 Å². The van der Waals surface area contributed by atoms with Gasteiger partial charge in [0.25, 0.3) is 0 Å². The van der Waals surface area contributed by atoms with Crippen LogP contribution in [0.3, 0.4) is 0 Å². The van der Waals surface area contributed by atoms with Gasteiger partial charge >= 0.3 is 0 Å². The summed E-state index contributed by atoms with van der Waals surface area (Å²) in [5, 5.41) is 8.13. The SMILES string of the molecule is COc1nn(C)c2nc(C)c(CCC(=O)Nc3ncccc3C)c(C)c12. The molecule has 7 heteroatoms. The molecule has 0 unspecified atom stereocenters. The summed E-state index contributed by atoms with van der Waals surface area (Å²) < 4.78 is 7.10. The Bertz CT molecular complexity index is 978. The number of pyridine rings is 2. The molecule has 3 aromatic rings. The highest BCUT2D eigenvalue weighted by atomic mass is 16.5. The van der Waals surface area contributed by atoms with Crippen molar-refractivity contribution in [2.45, 2.75) is 33.6 Å². The summed E-state index contributed by atoms with van der Waals surface area (Å²) in [6.07, 6.45) is 2.62. The van der Waals surface area contributed by atoms with E-state index in [9.17, 15) is 4.79 Å². The molecular weight excluding hydrogens is 330 g/mol. The number of hydrogen-bond donors (Lipinski definition) is 1. The van der Waals surface area contributed by atoms with E-state index in [-0.39, 0.29) is 5.91 Å².